The van der Waals surface area contributed by atoms with E-state index in [0.717, 1.165) is 11.3 Å². The summed E-state index contributed by atoms with van der Waals surface area (Å²) in [5.41, 5.74) is 1.44. The van der Waals surface area contributed by atoms with Gasteiger partial charge >= 0.3 is 5.97 Å². The van der Waals surface area contributed by atoms with Crippen LogP contribution in [0.2, 0.25) is 0 Å². The highest BCUT2D eigenvalue weighted by molar-refractivity contribution is 7.91. The van der Waals surface area contributed by atoms with Crippen LogP contribution in [0, 0.1) is 0 Å². The van der Waals surface area contributed by atoms with Crippen LogP contribution in [0.3, 0.4) is 0 Å². The predicted molar refractivity (Wildman–Crippen MR) is 72.5 cm³/mol. The number of esters is 1. The standard InChI is InChI=1S/C12H11NO4S2/c1-17-11(14)9-4-2-3-8(7-9)10-5-6-18-12(10)19(13,15)16/h2-7H,1H3,(H2,13,15,16). The Labute approximate surface area is 114 Å². The van der Waals surface area contributed by atoms with E-state index in [1.807, 2.05) is 0 Å². The van der Waals surface area contributed by atoms with Gasteiger partial charge in [-0.25, -0.2) is 18.4 Å². The molecule has 2 aromatic rings. The van der Waals surface area contributed by atoms with Crippen molar-refractivity contribution in [3.8, 4) is 11.1 Å². The Bertz CT molecular complexity index is 719. The fourth-order valence-electron chi connectivity index (χ4n) is 1.66. The fraction of sp³-hybridized carbons (Fsp3) is 0.0833. The van der Waals surface area contributed by atoms with Crippen LogP contribution in [0.1, 0.15) is 10.4 Å². The van der Waals surface area contributed by atoms with Crippen molar-refractivity contribution >= 4 is 27.3 Å². The first-order chi connectivity index (χ1) is 8.93. The van der Waals surface area contributed by atoms with Gasteiger partial charge in [0.25, 0.3) is 0 Å². The Morgan fingerprint density at radius 1 is 1.32 bits per heavy atom. The largest absolute Gasteiger partial charge is 0.465 e. The van der Waals surface area contributed by atoms with Gasteiger partial charge in [-0.15, -0.1) is 11.3 Å². The number of rotatable bonds is 3. The molecule has 0 spiro atoms. The highest BCUT2D eigenvalue weighted by Crippen LogP contribution is 2.31. The molecule has 1 aromatic heterocycles. The second-order valence-electron chi connectivity index (χ2n) is 3.74. The molecule has 0 fully saturated rings. The molecule has 5 nitrogen and oxygen atoms in total. The first-order valence-corrected chi connectivity index (χ1v) is 7.65. The van der Waals surface area contributed by atoms with Gasteiger partial charge in [-0.1, -0.05) is 12.1 Å². The minimum atomic E-state index is -3.77. The highest BCUT2D eigenvalue weighted by atomic mass is 32.2. The van der Waals surface area contributed by atoms with E-state index in [4.69, 9.17) is 5.14 Å². The number of nitrogens with two attached hydrogens (primary N) is 1. The van der Waals surface area contributed by atoms with Crippen LogP contribution in [-0.2, 0) is 14.8 Å². The van der Waals surface area contributed by atoms with Crippen molar-refractivity contribution in [1.82, 2.24) is 0 Å². The van der Waals surface area contributed by atoms with Gasteiger partial charge in [-0.3, -0.25) is 0 Å². The summed E-state index contributed by atoms with van der Waals surface area (Å²) in [6, 6.07) is 8.19. The smallest absolute Gasteiger partial charge is 0.337 e. The van der Waals surface area contributed by atoms with Crippen LogP contribution in [0.25, 0.3) is 11.1 Å². The molecule has 0 radical (unpaired) electrons. The van der Waals surface area contributed by atoms with E-state index in [9.17, 15) is 13.2 Å². The van der Waals surface area contributed by atoms with Gasteiger partial charge < -0.3 is 4.74 Å². The van der Waals surface area contributed by atoms with E-state index in [2.05, 4.69) is 4.74 Å². The molecule has 1 heterocycles. The normalized spacial score (nSPS) is 11.3. The lowest BCUT2D eigenvalue weighted by Gasteiger charge is -2.04. The monoisotopic (exact) mass is 297 g/mol. The molecule has 2 N–H and O–H groups in total. The lowest BCUT2D eigenvalue weighted by Crippen LogP contribution is -2.11. The summed E-state index contributed by atoms with van der Waals surface area (Å²) < 4.78 is 27.6. The summed E-state index contributed by atoms with van der Waals surface area (Å²) in [7, 11) is -2.49. The first kappa shape index (κ1) is 13.7. The lowest BCUT2D eigenvalue weighted by molar-refractivity contribution is 0.0601. The quantitative estimate of drug-likeness (QED) is 0.876. The van der Waals surface area contributed by atoms with E-state index in [0.29, 0.717) is 16.7 Å². The van der Waals surface area contributed by atoms with Crippen LogP contribution in [-0.4, -0.2) is 21.5 Å². The number of primary sulfonamides is 1. The number of carbonyl (C=O) groups excluding carboxylic acids is 1. The molecule has 0 atom stereocenters. The molecule has 0 amide bonds. The summed E-state index contributed by atoms with van der Waals surface area (Å²) >= 11 is 1.04. The Hall–Kier alpha value is -1.70. The van der Waals surface area contributed by atoms with Crippen molar-refractivity contribution in [3.63, 3.8) is 0 Å². The van der Waals surface area contributed by atoms with E-state index in [1.165, 1.54) is 7.11 Å². The highest BCUT2D eigenvalue weighted by Gasteiger charge is 2.17. The summed E-state index contributed by atoms with van der Waals surface area (Å²) in [5.74, 6) is -0.478. The van der Waals surface area contributed by atoms with Gasteiger partial charge in [0, 0.05) is 5.56 Å². The van der Waals surface area contributed by atoms with Crippen molar-refractivity contribution < 1.29 is 17.9 Å². The number of hydrogen-bond donors (Lipinski definition) is 1. The molecule has 0 aliphatic carbocycles. The SMILES string of the molecule is COC(=O)c1cccc(-c2ccsc2S(N)(=O)=O)c1. The minimum absolute atomic E-state index is 0.0783. The van der Waals surface area contributed by atoms with Gasteiger partial charge in [0.15, 0.2) is 0 Å². The maximum absolute atomic E-state index is 11.5. The molecule has 100 valence electrons. The molecule has 7 heteroatoms. The Morgan fingerprint density at radius 3 is 2.68 bits per heavy atom. The lowest BCUT2D eigenvalue weighted by atomic mass is 10.1. The van der Waals surface area contributed by atoms with E-state index in [1.54, 1.807) is 35.7 Å². The van der Waals surface area contributed by atoms with Crippen LogP contribution < -0.4 is 5.14 Å². The number of ether oxygens (including phenoxy) is 1. The minimum Gasteiger partial charge on any atom is -0.465 e. The molecule has 0 bridgehead atoms. The maximum Gasteiger partial charge on any atom is 0.337 e. The summed E-state index contributed by atoms with van der Waals surface area (Å²) in [4.78, 5) is 11.5. The average Bonchev–Trinajstić information content (AvgIpc) is 2.87. The first-order valence-electron chi connectivity index (χ1n) is 5.22. The van der Waals surface area contributed by atoms with Gasteiger partial charge in [-0.05, 0) is 29.1 Å². The van der Waals surface area contributed by atoms with Crippen LogP contribution in [0.4, 0.5) is 0 Å². The van der Waals surface area contributed by atoms with Crippen molar-refractivity contribution in [2.45, 2.75) is 4.21 Å². The molecule has 19 heavy (non-hydrogen) atoms. The van der Waals surface area contributed by atoms with E-state index >= 15 is 0 Å². The number of carbonyl (C=O) groups is 1. The third-order valence-electron chi connectivity index (χ3n) is 2.48. The Morgan fingerprint density at radius 2 is 2.05 bits per heavy atom. The molecule has 0 aliphatic rings. The van der Waals surface area contributed by atoms with Gasteiger partial charge in [0.2, 0.25) is 10.0 Å². The number of sulfonamides is 1. The molecule has 0 saturated carbocycles. The third kappa shape index (κ3) is 2.83. The fourth-order valence-corrected chi connectivity index (χ4v) is 3.50. The van der Waals surface area contributed by atoms with Crippen molar-refractivity contribution in [2.24, 2.45) is 5.14 Å². The molecule has 2 rings (SSSR count). The zero-order chi connectivity index (χ0) is 14.0. The van der Waals surface area contributed by atoms with Crippen LogP contribution in [0.5, 0.6) is 0 Å². The molecular weight excluding hydrogens is 286 g/mol. The van der Waals surface area contributed by atoms with Crippen molar-refractivity contribution in [2.75, 3.05) is 7.11 Å². The molecule has 0 aliphatic heterocycles. The van der Waals surface area contributed by atoms with Crippen molar-refractivity contribution in [1.29, 1.82) is 0 Å². The van der Waals surface area contributed by atoms with Gasteiger partial charge in [-0.2, -0.15) is 0 Å². The maximum atomic E-state index is 11.5. The van der Waals surface area contributed by atoms with Gasteiger partial charge in [0.05, 0.1) is 12.7 Å². The van der Waals surface area contributed by atoms with E-state index < -0.39 is 16.0 Å². The zero-order valence-corrected chi connectivity index (χ0v) is 11.6. The summed E-state index contributed by atoms with van der Waals surface area (Å²) in [6.07, 6.45) is 0. The topological polar surface area (TPSA) is 86.5 Å². The van der Waals surface area contributed by atoms with E-state index in [-0.39, 0.29) is 4.21 Å². The molecule has 1 aromatic carbocycles. The van der Waals surface area contributed by atoms with Crippen LogP contribution in [0.15, 0.2) is 39.9 Å². The Kier molecular flexibility index (Phi) is 3.70. The molecule has 0 unspecified atom stereocenters. The zero-order valence-electron chi connectivity index (χ0n) is 9.99. The van der Waals surface area contributed by atoms with Gasteiger partial charge in [0.1, 0.15) is 4.21 Å². The number of benzene rings is 1. The molecule has 0 saturated heterocycles. The predicted octanol–water partition coefficient (Wildman–Crippen LogP) is 1.85. The second-order valence-corrected chi connectivity index (χ2v) is 6.41. The summed E-state index contributed by atoms with van der Waals surface area (Å²) in [5, 5.41) is 6.79. The Balaban J connectivity index is 2.55. The number of thiophene rings is 1. The number of methoxy groups -OCH3 is 1. The second kappa shape index (κ2) is 5.12. The summed E-state index contributed by atoms with van der Waals surface area (Å²) in [6.45, 7) is 0. The molecular formula is C12H11NO4S2. The van der Waals surface area contributed by atoms with Crippen molar-refractivity contribution in [3.05, 3.63) is 41.3 Å². The average molecular weight is 297 g/mol. The number of hydrogen-bond acceptors (Lipinski definition) is 5. The van der Waals surface area contributed by atoms with Crippen LogP contribution >= 0.6 is 11.3 Å². The third-order valence-corrected chi connectivity index (χ3v) is 4.91.